The molecule has 0 unspecified atom stereocenters. The summed E-state index contributed by atoms with van der Waals surface area (Å²) in [6, 6.07) is 0. The van der Waals surface area contributed by atoms with Crippen molar-refractivity contribution < 1.29 is 4.74 Å². The quantitative estimate of drug-likeness (QED) is 0.842. The summed E-state index contributed by atoms with van der Waals surface area (Å²) in [6.07, 6.45) is 7.87. The van der Waals surface area contributed by atoms with E-state index in [4.69, 9.17) is 4.74 Å². The maximum atomic E-state index is 5.93. The summed E-state index contributed by atoms with van der Waals surface area (Å²) in [4.78, 5) is 8.44. The van der Waals surface area contributed by atoms with Gasteiger partial charge < -0.3 is 9.30 Å². The van der Waals surface area contributed by atoms with Crippen LogP contribution in [-0.4, -0.2) is 44.3 Å². The third kappa shape index (κ3) is 3.18. The van der Waals surface area contributed by atoms with E-state index in [0.29, 0.717) is 0 Å². The van der Waals surface area contributed by atoms with Gasteiger partial charge in [0, 0.05) is 43.2 Å². The highest BCUT2D eigenvalue weighted by Crippen LogP contribution is 2.38. The molecule has 1 saturated carbocycles. The van der Waals surface area contributed by atoms with E-state index in [0.717, 1.165) is 44.5 Å². The fourth-order valence-corrected chi connectivity index (χ4v) is 4.35. The van der Waals surface area contributed by atoms with Crippen molar-refractivity contribution in [3.8, 4) is 0 Å². The van der Waals surface area contributed by atoms with Gasteiger partial charge in [-0.05, 0) is 19.8 Å². The first-order valence-corrected chi connectivity index (χ1v) is 9.31. The molecule has 1 aliphatic carbocycles. The van der Waals surface area contributed by atoms with Crippen molar-refractivity contribution in [3.63, 3.8) is 0 Å². The SMILES string of the molecule is CCn1cnnc1[C@@H]1CN(Cc2cnc(C3CCC3)s2)CCO1. The van der Waals surface area contributed by atoms with Crippen molar-refractivity contribution >= 4 is 11.3 Å². The van der Waals surface area contributed by atoms with E-state index in [1.807, 2.05) is 11.3 Å². The smallest absolute Gasteiger partial charge is 0.163 e. The zero-order valence-corrected chi connectivity index (χ0v) is 14.3. The Balaban J connectivity index is 1.40. The summed E-state index contributed by atoms with van der Waals surface area (Å²) < 4.78 is 7.99. The predicted molar refractivity (Wildman–Crippen MR) is 88.4 cm³/mol. The molecule has 124 valence electrons. The second-order valence-electron chi connectivity index (χ2n) is 6.36. The Kier molecular flexibility index (Phi) is 4.41. The molecule has 0 spiro atoms. The average Bonchev–Trinajstić information content (AvgIpc) is 3.15. The van der Waals surface area contributed by atoms with Gasteiger partial charge in [0.2, 0.25) is 0 Å². The highest BCUT2D eigenvalue weighted by Gasteiger charge is 2.27. The van der Waals surface area contributed by atoms with Crippen LogP contribution in [0.2, 0.25) is 0 Å². The Labute approximate surface area is 140 Å². The molecule has 6 nitrogen and oxygen atoms in total. The lowest BCUT2D eigenvalue weighted by atomic mass is 9.86. The summed E-state index contributed by atoms with van der Waals surface area (Å²) in [5, 5.41) is 9.61. The standard InChI is InChI=1S/C16H23N5OS/c1-2-21-11-18-19-15(21)14-10-20(6-7-22-14)9-13-8-17-16(23-13)12-4-3-5-12/h8,11-12,14H,2-7,9-10H2,1H3/t14-/m0/s1. The van der Waals surface area contributed by atoms with E-state index in [2.05, 4.69) is 37.8 Å². The molecule has 0 radical (unpaired) electrons. The number of ether oxygens (including phenoxy) is 1. The monoisotopic (exact) mass is 333 g/mol. The van der Waals surface area contributed by atoms with Gasteiger partial charge in [0.15, 0.2) is 5.82 Å². The molecule has 0 bridgehead atoms. The number of hydrogen-bond acceptors (Lipinski definition) is 6. The van der Waals surface area contributed by atoms with Gasteiger partial charge in [-0.15, -0.1) is 21.5 Å². The molecular formula is C16H23N5OS. The number of hydrogen-bond donors (Lipinski definition) is 0. The molecule has 3 heterocycles. The molecule has 1 aliphatic heterocycles. The van der Waals surface area contributed by atoms with E-state index in [9.17, 15) is 0 Å². The third-order valence-electron chi connectivity index (χ3n) is 4.83. The highest BCUT2D eigenvalue weighted by atomic mass is 32.1. The van der Waals surface area contributed by atoms with Gasteiger partial charge in [0.25, 0.3) is 0 Å². The van der Waals surface area contributed by atoms with Crippen LogP contribution in [0.3, 0.4) is 0 Å². The fourth-order valence-electron chi connectivity index (χ4n) is 3.22. The summed E-state index contributed by atoms with van der Waals surface area (Å²) in [5.41, 5.74) is 0. The van der Waals surface area contributed by atoms with Crippen LogP contribution in [0.15, 0.2) is 12.5 Å². The molecule has 0 N–H and O–H groups in total. The van der Waals surface area contributed by atoms with Gasteiger partial charge in [0.05, 0.1) is 11.6 Å². The summed E-state index contributed by atoms with van der Waals surface area (Å²) >= 11 is 1.89. The Morgan fingerprint density at radius 1 is 1.39 bits per heavy atom. The molecule has 2 aromatic rings. The summed E-state index contributed by atoms with van der Waals surface area (Å²) in [7, 11) is 0. The molecule has 2 aromatic heterocycles. The first-order valence-electron chi connectivity index (χ1n) is 8.49. The van der Waals surface area contributed by atoms with Crippen LogP contribution in [-0.2, 0) is 17.8 Å². The van der Waals surface area contributed by atoms with E-state index in [-0.39, 0.29) is 6.10 Å². The molecule has 7 heteroatoms. The Morgan fingerprint density at radius 2 is 2.30 bits per heavy atom. The van der Waals surface area contributed by atoms with Crippen molar-refractivity contribution in [1.82, 2.24) is 24.6 Å². The number of rotatable bonds is 5. The lowest BCUT2D eigenvalue weighted by molar-refractivity contribution is -0.0386. The van der Waals surface area contributed by atoms with Crippen LogP contribution in [0.5, 0.6) is 0 Å². The topological polar surface area (TPSA) is 56.1 Å². The molecular weight excluding hydrogens is 310 g/mol. The van der Waals surface area contributed by atoms with Gasteiger partial charge >= 0.3 is 0 Å². The summed E-state index contributed by atoms with van der Waals surface area (Å²) in [6.45, 7) is 6.53. The van der Waals surface area contributed by atoms with Gasteiger partial charge in [0.1, 0.15) is 12.4 Å². The maximum absolute atomic E-state index is 5.93. The first kappa shape index (κ1) is 15.2. The van der Waals surface area contributed by atoms with E-state index in [1.54, 1.807) is 6.33 Å². The molecule has 1 saturated heterocycles. The van der Waals surface area contributed by atoms with Crippen molar-refractivity contribution in [1.29, 1.82) is 0 Å². The normalized spacial score (nSPS) is 23.1. The lowest BCUT2D eigenvalue weighted by Gasteiger charge is -2.32. The third-order valence-corrected chi connectivity index (χ3v) is 5.97. The average molecular weight is 333 g/mol. The van der Waals surface area contributed by atoms with E-state index in [1.165, 1.54) is 29.1 Å². The van der Waals surface area contributed by atoms with Crippen LogP contribution in [0.4, 0.5) is 0 Å². The van der Waals surface area contributed by atoms with Crippen LogP contribution < -0.4 is 0 Å². The fraction of sp³-hybridized carbons (Fsp3) is 0.688. The van der Waals surface area contributed by atoms with Crippen LogP contribution in [0, 0.1) is 0 Å². The molecule has 23 heavy (non-hydrogen) atoms. The minimum absolute atomic E-state index is 0.0187. The van der Waals surface area contributed by atoms with E-state index >= 15 is 0 Å². The second kappa shape index (κ2) is 6.67. The summed E-state index contributed by atoms with van der Waals surface area (Å²) in [5.74, 6) is 1.67. The van der Waals surface area contributed by atoms with Crippen LogP contribution in [0.1, 0.15) is 53.9 Å². The highest BCUT2D eigenvalue weighted by molar-refractivity contribution is 7.11. The zero-order chi connectivity index (χ0) is 15.6. The Hall–Kier alpha value is -1.31. The molecule has 2 fully saturated rings. The molecule has 1 atom stereocenters. The maximum Gasteiger partial charge on any atom is 0.163 e. The van der Waals surface area contributed by atoms with Gasteiger partial charge in [-0.3, -0.25) is 4.90 Å². The van der Waals surface area contributed by atoms with Gasteiger partial charge in [-0.1, -0.05) is 6.42 Å². The Morgan fingerprint density at radius 3 is 3.09 bits per heavy atom. The molecule has 0 amide bonds. The number of aromatic nitrogens is 4. The van der Waals surface area contributed by atoms with Crippen molar-refractivity contribution in [3.05, 3.63) is 28.2 Å². The van der Waals surface area contributed by atoms with Crippen LogP contribution >= 0.6 is 11.3 Å². The largest absolute Gasteiger partial charge is 0.368 e. The molecule has 2 aliphatic rings. The molecule has 4 rings (SSSR count). The number of nitrogens with zero attached hydrogens (tertiary/aromatic N) is 5. The minimum atomic E-state index is 0.0187. The number of thiazole rings is 1. The minimum Gasteiger partial charge on any atom is -0.368 e. The Bertz CT molecular complexity index is 650. The van der Waals surface area contributed by atoms with Gasteiger partial charge in [-0.2, -0.15) is 0 Å². The molecule has 0 aromatic carbocycles. The van der Waals surface area contributed by atoms with Crippen molar-refractivity contribution in [2.75, 3.05) is 19.7 Å². The zero-order valence-electron chi connectivity index (χ0n) is 13.5. The van der Waals surface area contributed by atoms with Gasteiger partial charge in [-0.25, -0.2) is 4.98 Å². The van der Waals surface area contributed by atoms with Crippen molar-refractivity contribution in [2.45, 2.75) is 51.3 Å². The lowest BCUT2D eigenvalue weighted by Crippen LogP contribution is -2.38. The number of morpholine rings is 1. The van der Waals surface area contributed by atoms with Crippen molar-refractivity contribution in [2.24, 2.45) is 0 Å². The predicted octanol–water partition coefficient (Wildman–Crippen LogP) is 2.60. The second-order valence-corrected chi connectivity index (χ2v) is 7.51. The number of aryl methyl sites for hydroxylation is 1. The first-order chi connectivity index (χ1) is 11.3. The van der Waals surface area contributed by atoms with E-state index < -0.39 is 0 Å². The van der Waals surface area contributed by atoms with Crippen LogP contribution in [0.25, 0.3) is 0 Å².